The molecule has 1 aromatic carbocycles. The number of halogens is 1. The number of hydrogen-bond acceptors (Lipinski definition) is 5. The summed E-state index contributed by atoms with van der Waals surface area (Å²) in [5.41, 5.74) is -0.0804. The molecule has 0 aromatic heterocycles. The molecule has 25 heavy (non-hydrogen) atoms. The molecule has 0 radical (unpaired) electrons. The van der Waals surface area contributed by atoms with E-state index in [2.05, 4.69) is 26.6 Å². The summed E-state index contributed by atoms with van der Waals surface area (Å²) in [6.07, 6.45) is 1.66. The van der Waals surface area contributed by atoms with Gasteiger partial charge in [0.05, 0.1) is 17.6 Å². The van der Waals surface area contributed by atoms with Crippen molar-refractivity contribution >= 4 is 31.9 Å². The number of piperidine rings is 1. The van der Waals surface area contributed by atoms with Crippen molar-refractivity contribution in [3.05, 3.63) is 28.7 Å². The summed E-state index contributed by atoms with van der Waals surface area (Å²) in [5.74, 6) is -0.125. The third kappa shape index (κ3) is 3.12. The maximum atomic E-state index is 12.9. The molecule has 0 aliphatic carbocycles. The van der Waals surface area contributed by atoms with E-state index in [1.807, 2.05) is 4.90 Å². The second-order valence-corrected chi connectivity index (χ2v) is 9.82. The minimum Gasteiger partial charge on any atom is -0.323 e. The van der Waals surface area contributed by atoms with Crippen molar-refractivity contribution in [1.29, 1.82) is 0 Å². The third-order valence-electron chi connectivity index (χ3n) is 5.34. The van der Waals surface area contributed by atoms with E-state index in [4.69, 9.17) is 0 Å². The number of rotatable bonds is 2. The summed E-state index contributed by atoms with van der Waals surface area (Å²) < 4.78 is 27.9. The Bertz CT molecular complexity index is 777. The average Bonchev–Trinajstić information content (AvgIpc) is 2.94. The summed E-state index contributed by atoms with van der Waals surface area (Å²) in [6, 6.07) is 6.52. The van der Waals surface area contributed by atoms with Crippen molar-refractivity contribution in [3.8, 4) is 0 Å². The number of carbonyl (C=O) groups excluding carboxylic acids is 1. The van der Waals surface area contributed by atoms with E-state index in [-0.39, 0.29) is 29.1 Å². The van der Waals surface area contributed by atoms with E-state index in [1.54, 1.807) is 24.3 Å². The molecule has 3 fully saturated rings. The standard InChI is InChI=1S/C16H21BrN4O3S/c17-12-1-3-13(4-2-12)25(23,24)20-9-14-19-16(5-7-18-8-6-16)11-21(14)15(22)10-20/h1-4,14,18-19H,5-11H2. The molecule has 136 valence electrons. The fraction of sp³-hybridized carbons (Fsp3) is 0.562. The van der Waals surface area contributed by atoms with Crippen LogP contribution in [0.15, 0.2) is 33.6 Å². The van der Waals surface area contributed by atoms with Gasteiger partial charge in [-0.05, 0) is 50.2 Å². The zero-order valence-corrected chi connectivity index (χ0v) is 16.1. The molecule has 9 heteroatoms. The Hall–Kier alpha value is -1.00. The van der Waals surface area contributed by atoms with Gasteiger partial charge in [0.2, 0.25) is 15.9 Å². The molecule has 3 heterocycles. The lowest BCUT2D eigenvalue weighted by atomic mass is 9.89. The van der Waals surface area contributed by atoms with Crippen LogP contribution in [0.4, 0.5) is 0 Å². The molecule has 3 aliphatic heterocycles. The second kappa shape index (κ2) is 6.31. The Morgan fingerprint density at radius 1 is 1.16 bits per heavy atom. The van der Waals surface area contributed by atoms with Gasteiger partial charge in [-0.2, -0.15) is 4.31 Å². The summed E-state index contributed by atoms with van der Waals surface area (Å²) in [4.78, 5) is 14.6. The number of benzene rings is 1. The van der Waals surface area contributed by atoms with E-state index < -0.39 is 10.0 Å². The Morgan fingerprint density at radius 3 is 2.52 bits per heavy atom. The normalized spacial score (nSPS) is 26.8. The largest absolute Gasteiger partial charge is 0.323 e. The molecule has 1 amide bonds. The topological polar surface area (TPSA) is 81.8 Å². The van der Waals surface area contributed by atoms with Gasteiger partial charge >= 0.3 is 0 Å². The lowest BCUT2D eigenvalue weighted by molar-refractivity contribution is -0.135. The molecule has 1 unspecified atom stereocenters. The number of fused-ring (bicyclic) bond motifs is 1. The molecule has 1 aromatic rings. The fourth-order valence-electron chi connectivity index (χ4n) is 3.97. The molecule has 4 rings (SSSR count). The Labute approximate surface area is 155 Å². The van der Waals surface area contributed by atoms with Crippen LogP contribution in [-0.2, 0) is 14.8 Å². The van der Waals surface area contributed by atoms with Crippen LogP contribution in [-0.4, -0.2) is 68.0 Å². The molecular weight excluding hydrogens is 408 g/mol. The van der Waals surface area contributed by atoms with Crippen LogP contribution >= 0.6 is 15.9 Å². The predicted molar refractivity (Wildman–Crippen MR) is 96.4 cm³/mol. The summed E-state index contributed by atoms with van der Waals surface area (Å²) in [6.45, 7) is 2.71. The van der Waals surface area contributed by atoms with Gasteiger partial charge in [-0.3, -0.25) is 10.1 Å². The fourth-order valence-corrected chi connectivity index (χ4v) is 5.63. The molecule has 7 nitrogen and oxygen atoms in total. The number of nitrogens with one attached hydrogen (secondary N) is 2. The van der Waals surface area contributed by atoms with Gasteiger partial charge in [0.1, 0.15) is 0 Å². The summed E-state index contributed by atoms with van der Waals surface area (Å²) >= 11 is 3.31. The first-order valence-electron chi connectivity index (χ1n) is 8.43. The Kier molecular flexibility index (Phi) is 4.40. The van der Waals surface area contributed by atoms with Crippen LogP contribution in [0.25, 0.3) is 0 Å². The van der Waals surface area contributed by atoms with Gasteiger partial charge in [0.25, 0.3) is 0 Å². The monoisotopic (exact) mass is 428 g/mol. The van der Waals surface area contributed by atoms with Gasteiger partial charge in [0, 0.05) is 23.1 Å². The molecule has 3 saturated heterocycles. The van der Waals surface area contributed by atoms with Crippen LogP contribution in [0.2, 0.25) is 0 Å². The van der Waals surface area contributed by atoms with Crippen molar-refractivity contribution < 1.29 is 13.2 Å². The van der Waals surface area contributed by atoms with E-state index in [1.165, 1.54) is 4.31 Å². The van der Waals surface area contributed by atoms with Crippen LogP contribution in [0.5, 0.6) is 0 Å². The lowest BCUT2D eigenvalue weighted by Crippen LogP contribution is -2.58. The van der Waals surface area contributed by atoms with E-state index >= 15 is 0 Å². The molecular formula is C16H21BrN4O3S. The maximum Gasteiger partial charge on any atom is 0.243 e. The predicted octanol–water partition coefficient (Wildman–Crippen LogP) is 0.334. The molecule has 3 aliphatic rings. The highest BCUT2D eigenvalue weighted by Gasteiger charge is 2.49. The average molecular weight is 429 g/mol. The van der Waals surface area contributed by atoms with Crippen molar-refractivity contribution in [2.75, 3.05) is 32.7 Å². The lowest BCUT2D eigenvalue weighted by Gasteiger charge is -2.35. The number of sulfonamides is 1. The van der Waals surface area contributed by atoms with Crippen molar-refractivity contribution in [2.45, 2.75) is 29.4 Å². The van der Waals surface area contributed by atoms with E-state index in [0.29, 0.717) is 13.1 Å². The van der Waals surface area contributed by atoms with Crippen molar-refractivity contribution in [2.24, 2.45) is 0 Å². The van der Waals surface area contributed by atoms with Gasteiger partial charge in [-0.1, -0.05) is 15.9 Å². The SMILES string of the molecule is O=C1CN(S(=O)(=O)c2ccc(Br)cc2)CC2NC3(CCNCC3)CN12. The third-order valence-corrected chi connectivity index (χ3v) is 7.70. The highest BCUT2D eigenvalue weighted by molar-refractivity contribution is 9.10. The van der Waals surface area contributed by atoms with Gasteiger partial charge < -0.3 is 10.2 Å². The van der Waals surface area contributed by atoms with Crippen LogP contribution in [0.3, 0.4) is 0 Å². The Balaban J connectivity index is 1.56. The Morgan fingerprint density at radius 2 is 1.84 bits per heavy atom. The first kappa shape index (κ1) is 17.4. The smallest absolute Gasteiger partial charge is 0.243 e. The molecule has 0 saturated carbocycles. The number of amides is 1. The highest BCUT2D eigenvalue weighted by atomic mass is 79.9. The van der Waals surface area contributed by atoms with E-state index in [9.17, 15) is 13.2 Å². The quantitative estimate of drug-likeness (QED) is 0.709. The van der Waals surface area contributed by atoms with Gasteiger partial charge in [0.15, 0.2) is 0 Å². The number of piperazine rings is 1. The van der Waals surface area contributed by atoms with E-state index in [0.717, 1.165) is 30.4 Å². The van der Waals surface area contributed by atoms with Crippen molar-refractivity contribution in [3.63, 3.8) is 0 Å². The van der Waals surface area contributed by atoms with Gasteiger partial charge in [-0.25, -0.2) is 8.42 Å². The zero-order chi connectivity index (χ0) is 17.7. The summed E-state index contributed by atoms with van der Waals surface area (Å²) in [7, 11) is -3.68. The van der Waals surface area contributed by atoms with Gasteiger partial charge in [-0.15, -0.1) is 0 Å². The number of carbonyl (C=O) groups is 1. The summed E-state index contributed by atoms with van der Waals surface area (Å²) in [5, 5.41) is 6.89. The number of hydrogen-bond donors (Lipinski definition) is 2. The second-order valence-electron chi connectivity index (χ2n) is 6.96. The van der Waals surface area contributed by atoms with Crippen molar-refractivity contribution in [1.82, 2.24) is 19.8 Å². The molecule has 1 spiro atoms. The minimum absolute atomic E-state index is 0.0804. The minimum atomic E-state index is -3.68. The van der Waals surface area contributed by atoms with Crippen LogP contribution in [0, 0.1) is 0 Å². The highest BCUT2D eigenvalue weighted by Crippen LogP contribution is 2.31. The first-order chi connectivity index (χ1) is 11.9. The zero-order valence-electron chi connectivity index (χ0n) is 13.7. The maximum absolute atomic E-state index is 12.9. The first-order valence-corrected chi connectivity index (χ1v) is 10.7. The van der Waals surface area contributed by atoms with Crippen LogP contribution < -0.4 is 10.6 Å². The molecule has 0 bridgehead atoms. The molecule has 1 atom stereocenters. The molecule has 2 N–H and O–H groups in total. The number of nitrogens with zero attached hydrogens (tertiary/aromatic N) is 2. The van der Waals surface area contributed by atoms with Crippen LogP contribution in [0.1, 0.15) is 12.8 Å².